The molecule has 1 aliphatic rings. The number of methoxy groups -OCH3 is 1. The second-order valence-corrected chi connectivity index (χ2v) is 8.84. The molecule has 0 spiro atoms. The maximum absolute atomic E-state index is 12.8. The van der Waals surface area contributed by atoms with E-state index in [-0.39, 0.29) is 17.3 Å². The number of hydrogen-bond acceptors (Lipinski definition) is 7. The molecule has 35 heavy (non-hydrogen) atoms. The number of rotatable bonds is 6. The van der Waals surface area contributed by atoms with Gasteiger partial charge in [0.2, 0.25) is 5.52 Å². The summed E-state index contributed by atoms with van der Waals surface area (Å²) in [4.78, 5) is 27.9. The van der Waals surface area contributed by atoms with Crippen LogP contribution in [0, 0.1) is 13.5 Å². The molecule has 1 fully saturated rings. The third kappa shape index (κ3) is 4.33. The number of aromatic nitrogens is 3. The smallest absolute Gasteiger partial charge is 0.312 e. The van der Waals surface area contributed by atoms with Gasteiger partial charge in [-0.05, 0) is 43.5 Å². The fourth-order valence-electron chi connectivity index (χ4n) is 4.58. The monoisotopic (exact) mass is 473 g/mol. The predicted octanol–water partition coefficient (Wildman–Crippen LogP) is 4.34. The number of benzene rings is 1. The Hall–Kier alpha value is -3.90. The lowest BCUT2D eigenvalue weighted by Gasteiger charge is -2.32. The van der Waals surface area contributed by atoms with Gasteiger partial charge in [-0.2, -0.15) is 0 Å². The first kappa shape index (κ1) is 22.9. The van der Waals surface area contributed by atoms with E-state index in [0.29, 0.717) is 30.0 Å². The van der Waals surface area contributed by atoms with Gasteiger partial charge in [0.25, 0.3) is 5.56 Å². The molecule has 9 heteroatoms. The quantitative estimate of drug-likeness (QED) is 0.304. The number of nitrogens with zero attached hydrogens (tertiary/aromatic N) is 5. The van der Waals surface area contributed by atoms with E-state index in [2.05, 4.69) is 14.7 Å². The van der Waals surface area contributed by atoms with E-state index in [4.69, 9.17) is 25.4 Å². The summed E-state index contributed by atoms with van der Waals surface area (Å²) < 4.78 is 18.3. The average Bonchev–Trinajstić information content (AvgIpc) is 3.29. The zero-order valence-corrected chi connectivity index (χ0v) is 20.1. The first-order chi connectivity index (χ1) is 17.0. The third-order valence-electron chi connectivity index (χ3n) is 6.54. The van der Waals surface area contributed by atoms with Crippen LogP contribution < -0.4 is 15.2 Å². The molecule has 0 N–H and O–H groups in total. The van der Waals surface area contributed by atoms with Crippen LogP contribution in [0.25, 0.3) is 27.0 Å². The van der Waals surface area contributed by atoms with Gasteiger partial charge >= 0.3 is 5.82 Å². The Kier molecular flexibility index (Phi) is 6.14. The summed E-state index contributed by atoms with van der Waals surface area (Å²) in [7, 11) is 3.29. The van der Waals surface area contributed by atoms with Crippen LogP contribution in [0.4, 0.5) is 11.5 Å². The number of anilines is 1. The fraction of sp³-hybridized carbons (Fsp3) is 0.385. The number of ether oxygens (including phenoxy) is 2. The van der Waals surface area contributed by atoms with Crippen molar-refractivity contribution in [1.29, 1.82) is 0 Å². The number of aryl methyl sites for hydroxylation is 2. The zero-order valence-electron chi connectivity index (χ0n) is 20.1. The maximum atomic E-state index is 12.8. The third-order valence-corrected chi connectivity index (χ3v) is 6.54. The van der Waals surface area contributed by atoms with Crippen molar-refractivity contribution in [3.05, 3.63) is 63.6 Å². The first-order valence-corrected chi connectivity index (χ1v) is 11.6. The number of oxazole rings is 1. The van der Waals surface area contributed by atoms with Gasteiger partial charge in [0.15, 0.2) is 11.5 Å². The summed E-state index contributed by atoms with van der Waals surface area (Å²) in [5, 5.41) is 0. The fourth-order valence-corrected chi connectivity index (χ4v) is 4.58. The number of piperidine rings is 1. The Morgan fingerprint density at radius 3 is 2.71 bits per heavy atom. The molecular formula is C26H27N5O4. The highest BCUT2D eigenvalue weighted by molar-refractivity contribution is 5.91. The number of hydrogen-bond donors (Lipinski definition) is 0. The summed E-state index contributed by atoms with van der Waals surface area (Å²) in [5.74, 6) is 1.50. The first-order valence-electron chi connectivity index (χ1n) is 11.6. The predicted molar refractivity (Wildman–Crippen MR) is 134 cm³/mol. The van der Waals surface area contributed by atoms with Gasteiger partial charge in [-0.25, -0.2) is 4.98 Å². The molecule has 1 aliphatic heterocycles. The van der Waals surface area contributed by atoms with Gasteiger partial charge in [-0.1, -0.05) is 12.6 Å². The Labute approximate surface area is 202 Å². The van der Waals surface area contributed by atoms with E-state index < -0.39 is 0 Å². The molecule has 0 aliphatic carbocycles. The van der Waals surface area contributed by atoms with Crippen LogP contribution in [-0.4, -0.2) is 47.9 Å². The molecule has 3 aromatic heterocycles. The summed E-state index contributed by atoms with van der Waals surface area (Å²) in [5.41, 5.74) is 4.71. The lowest BCUT2D eigenvalue weighted by molar-refractivity contribution is 0.146. The normalized spacial score (nSPS) is 14.5. The molecule has 4 aromatic rings. The van der Waals surface area contributed by atoms with Gasteiger partial charge in [-0.3, -0.25) is 4.79 Å². The lowest BCUT2D eigenvalue weighted by Crippen LogP contribution is -2.34. The van der Waals surface area contributed by atoms with E-state index in [1.807, 2.05) is 25.1 Å². The van der Waals surface area contributed by atoms with E-state index in [1.165, 1.54) is 4.57 Å². The molecule has 0 unspecified atom stereocenters. The van der Waals surface area contributed by atoms with Crippen LogP contribution >= 0.6 is 0 Å². The molecule has 0 amide bonds. The lowest BCUT2D eigenvalue weighted by atomic mass is 9.96. The highest BCUT2D eigenvalue weighted by atomic mass is 16.5. The molecule has 4 heterocycles. The molecule has 9 nitrogen and oxygen atoms in total. The van der Waals surface area contributed by atoms with Crippen LogP contribution in [0.5, 0.6) is 5.75 Å². The van der Waals surface area contributed by atoms with Crippen molar-refractivity contribution >= 4 is 33.6 Å². The number of pyridine rings is 2. The van der Waals surface area contributed by atoms with Crippen LogP contribution in [-0.2, 0) is 11.8 Å². The second-order valence-electron chi connectivity index (χ2n) is 8.84. The minimum atomic E-state index is -0.135. The van der Waals surface area contributed by atoms with Crippen molar-refractivity contribution in [3.63, 3.8) is 0 Å². The van der Waals surface area contributed by atoms with Crippen molar-refractivity contribution in [3.8, 4) is 5.75 Å². The van der Waals surface area contributed by atoms with Crippen molar-refractivity contribution in [1.82, 2.24) is 14.5 Å². The molecule has 180 valence electrons. The van der Waals surface area contributed by atoms with Crippen LogP contribution in [0.1, 0.15) is 30.2 Å². The van der Waals surface area contributed by atoms with E-state index in [9.17, 15) is 4.79 Å². The largest absolute Gasteiger partial charge is 0.500 e. The molecule has 0 bridgehead atoms. The molecule has 0 atom stereocenters. The van der Waals surface area contributed by atoms with Gasteiger partial charge in [0.1, 0.15) is 17.9 Å². The molecular weight excluding hydrogens is 446 g/mol. The Morgan fingerprint density at radius 2 is 1.97 bits per heavy atom. The molecule has 1 saturated heterocycles. The SMILES string of the molecule is [C-]#[N+]c1nc2c(N3CCC(c4nc5cc(C)ccc5o4)CC3)cc(=O)n(C)c2cc1OCCOC. The van der Waals surface area contributed by atoms with Crippen molar-refractivity contribution in [2.75, 3.05) is 38.3 Å². The van der Waals surface area contributed by atoms with Crippen LogP contribution in [0.15, 0.2) is 39.5 Å². The van der Waals surface area contributed by atoms with Gasteiger partial charge in [0, 0.05) is 39.2 Å². The average molecular weight is 474 g/mol. The summed E-state index contributed by atoms with van der Waals surface area (Å²) >= 11 is 0. The summed E-state index contributed by atoms with van der Waals surface area (Å²) in [6.07, 6.45) is 1.69. The minimum absolute atomic E-state index is 0.135. The van der Waals surface area contributed by atoms with Crippen molar-refractivity contribution in [2.24, 2.45) is 7.05 Å². The van der Waals surface area contributed by atoms with Gasteiger partial charge < -0.3 is 28.2 Å². The minimum Gasteiger partial charge on any atom is -0.500 e. The van der Waals surface area contributed by atoms with E-state index in [0.717, 1.165) is 54.2 Å². The summed E-state index contributed by atoms with van der Waals surface area (Å²) in [6.45, 7) is 11.8. The topological polar surface area (TPSA) is 87.0 Å². The van der Waals surface area contributed by atoms with E-state index in [1.54, 1.807) is 26.3 Å². The Bertz CT molecular complexity index is 1490. The van der Waals surface area contributed by atoms with Gasteiger partial charge in [-0.15, -0.1) is 4.98 Å². The molecule has 1 aromatic carbocycles. The van der Waals surface area contributed by atoms with Gasteiger partial charge in [0.05, 0.1) is 17.8 Å². The standard InChI is InChI=1S/C26H27N5O4/c1-16-5-6-21-18(13-16)28-26(35-21)17-7-9-31(10-8-17)20-15-23(32)30(3)19-14-22(34-12-11-33-4)25(27-2)29-24(19)20/h5-6,13-15,17H,7-12H2,1,3-4H3. The maximum Gasteiger partial charge on any atom is 0.312 e. The Balaban J connectivity index is 1.44. The number of fused-ring (bicyclic) bond motifs is 2. The zero-order chi connectivity index (χ0) is 24.5. The van der Waals surface area contributed by atoms with Crippen LogP contribution in [0.3, 0.4) is 0 Å². The highest BCUT2D eigenvalue weighted by Gasteiger charge is 2.28. The summed E-state index contributed by atoms with van der Waals surface area (Å²) in [6, 6.07) is 9.37. The molecule has 5 rings (SSSR count). The van der Waals surface area contributed by atoms with Crippen molar-refractivity contribution < 1.29 is 13.9 Å². The highest BCUT2D eigenvalue weighted by Crippen LogP contribution is 2.36. The van der Waals surface area contributed by atoms with E-state index >= 15 is 0 Å². The molecule has 0 radical (unpaired) electrons. The van der Waals surface area contributed by atoms with Crippen LogP contribution in [0.2, 0.25) is 0 Å². The second kappa shape index (κ2) is 9.39. The van der Waals surface area contributed by atoms with Crippen molar-refractivity contribution in [2.45, 2.75) is 25.7 Å². The molecule has 0 saturated carbocycles. The Morgan fingerprint density at radius 1 is 1.17 bits per heavy atom.